The summed E-state index contributed by atoms with van der Waals surface area (Å²) in [4.78, 5) is 12.5. The summed E-state index contributed by atoms with van der Waals surface area (Å²) in [5, 5.41) is 2.90. The highest BCUT2D eigenvalue weighted by Crippen LogP contribution is 2.25. The van der Waals surface area contributed by atoms with Crippen molar-refractivity contribution in [1.82, 2.24) is 9.88 Å². The predicted octanol–water partition coefficient (Wildman–Crippen LogP) is 3.93. The van der Waals surface area contributed by atoms with E-state index in [1.54, 1.807) is 19.2 Å². The number of rotatable bonds is 7. The number of methoxy groups -OCH3 is 1. The first kappa shape index (κ1) is 17.7. The first-order valence-electron chi connectivity index (χ1n) is 8.43. The van der Waals surface area contributed by atoms with Crippen molar-refractivity contribution in [3.8, 4) is 5.75 Å². The summed E-state index contributed by atoms with van der Waals surface area (Å²) >= 11 is 0. The van der Waals surface area contributed by atoms with Crippen molar-refractivity contribution in [3.63, 3.8) is 0 Å². The van der Waals surface area contributed by atoms with Crippen LogP contribution < -0.4 is 10.1 Å². The maximum Gasteiger partial charge on any atom is 0.222 e. The minimum Gasteiger partial charge on any atom is -0.497 e. The van der Waals surface area contributed by atoms with Gasteiger partial charge in [-0.15, -0.1) is 0 Å². The van der Waals surface area contributed by atoms with E-state index in [0.717, 1.165) is 16.9 Å². The number of nitrogens with zero attached hydrogens (tertiary/aromatic N) is 1. The van der Waals surface area contributed by atoms with Crippen LogP contribution in [0.2, 0.25) is 0 Å². The SMILES string of the molecule is COc1cccc([C@H](CC(=O)NCc2ccc(F)cc2)n2cccc2)c1. The molecule has 1 aromatic heterocycles. The first-order chi connectivity index (χ1) is 12.7. The number of amides is 1. The van der Waals surface area contributed by atoms with Gasteiger partial charge >= 0.3 is 0 Å². The molecule has 5 heteroatoms. The zero-order valence-electron chi connectivity index (χ0n) is 14.6. The number of carbonyl (C=O) groups excluding carboxylic acids is 1. The fourth-order valence-electron chi connectivity index (χ4n) is 2.85. The Balaban J connectivity index is 1.71. The molecule has 1 amide bonds. The van der Waals surface area contributed by atoms with Gasteiger partial charge in [0.25, 0.3) is 0 Å². The fourth-order valence-corrected chi connectivity index (χ4v) is 2.85. The summed E-state index contributed by atoms with van der Waals surface area (Å²) in [5.41, 5.74) is 1.86. The van der Waals surface area contributed by atoms with Crippen LogP contribution in [0.1, 0.15) is 23.6 Å². The van der Waals surface area contributed by atoms with Crippen molar-refractivity contribution in [1.29, 1.82) is 0 Å². The molecular weight excluding hydrogens is 331 g/mol. The molecule has 0 aliphatic heterocycles. The summed E-state index contributed by atoms with van der Waals surface area (Å²) in [6, 6.07) is 17.6. The van der Waals surface area contributed by atoms with Crippen LogP contribution in [-0.4, -0.2) is 17.6 Å². The van der Waals surface area contributed by atoms with Crippen LogP contribution >= 0.6 is 0 Å². The minimum atomic E-state index is -0.286. The molecular formula is C21H21FN2O2. The Morgan fingerprint density at radius 3 is 2.54 bits per heavy atom. The van der Waals surface area contributed by atoms with Gasteiger partial charge in [-0.3, -0.25) is 4.79 Å². The van der Waals surface area contributed by atoms with E-state index >= 15 is 0 Å². The van der Waals surface area contributed by atoms with Crippen LogP contribution in [-0.2, 0) is 11.3 Å². The number of aromatic nitrogens is 1. The highest BCUT2D eigenvalue weighted by molar-refractivity contribution is 5.76. The summed E-state index contributed by atoms with van der Waals surface area (Å²) in [5.74, 6) is 0.396. The highest BCUT2D eigenvalue weighted by Gasteiger charge is 2.18. The van der Waals surface area contributed by atoms with Crippen LogP contribution in [0.15, 0.2) is 73.1 Å². The van der Waals surface area contributed by atoms with Gasteiger partial charge in [-0.05, 0) is 47.5 Å². The van der Waals surface area contributed by atoms with E-state index in [0.29, 0.717) is 13.0 Å². The van der Waals surface area contributed by atoms with Gasteiger partial charge in [-0.1, -0.05) is 24.3 Å². The molecule has 0 aliphatic carbocycles. The lowest BCUT2D eigenvalue weighted by Gasteiger charge is -2.20. The van der Waals surface area contributed by atoms with E-state index in [2.05, 4.69) is 5.32 Å². The van der Waals surface area contributed by atoms with Crippen molar-refractivity contribution in [2.45, 2.75) is 19.0 Å². The van der Waals surface area contributed by atoms with Gasteiger partial charge in [0.15, 0.2) is 0 Å². The Hall–Kier alpha value is -3.08. The van der Waals surface area contributed by atoms with Gasteiger partial charge in [0, 0.05) is 18.9 Å². The maximum absolute atomic E-state index is 13.0. The molecule has 0 unspecified atom stereocenters. The molecule has 3 aromatic rings. The maximum atomic E-state index is 13.0. The van der Waals surface area contributed by atoms with Crippen LogP contribution in [0, 0.1) is 5.82 Å². The molecule has 0 saturated carbocycles. The molecule has 1 N–H and O–H groups in total. The molecule has 0 aliphatic rings. The monoisotopic (exact) mass is 352 g/mol. The van der Waals surface area contributed by atoms with Gasteiger partial charge in [0.1, 0.15) is 11.6 Å². The summed E-state index contributed by atoms with van der Waals surface area (Å²) in [6.07, 6.45) is 4.18. The van der Waals surface area contributed by atoms with Gasteiger partial charge < -0.3 is 14.6 Å². The molecule has 3 rings (SSSR count). The number of hydrogen-bond donors (Lipinski definition) is 1. The Kier molecular flexibility index (Phi) is 5.69. The molecule has 1 atom stereocenters. The van der Waals surface area contributed by atoms with E-state index in [4.69, 9.17) is 4.74 Å². The quantitative estimate of drug-likeness (QED) is 0.700. The molecule has 26 heavy (non-hydrogen) atoms. The lowest BCUT2D eigenvalue weighted by molar-refractivity contribution is -0.121. The van der Waals surface area contributed by atoms with Crippen molar-refractivity contribution < 1.29 is 13.9 Å². The van der Waals surface area contributed by atoms with Crippen LogP contribution in [0.4, 0.5) is 4.39 Å². The second kappa shape index (κ2) is 8.34. The Labute approximate surface area is 152 Å². The molecule has 0 spiro atoms. The Bertz CT molecular complexity index is 845. The number of benzene rings is 2. The second-order valence-corrected chi connectivity index (χ2v) is 6.03. The molecule has 134 valence electrons. The summed E-state index contributed by atoms with van der Waals surface area (Å²) in [6.45, 7) is 0.371. The highest BCUT2D eigenvalue weighted by atomic mass is 19.1. The van der Waals surface area contributed by atoms with Crippen molar-refractivity contribution in [3.05, 3.63) is 90.0 Å². The van der Waals surface area contributed by atoms with E-state index in [1.165, 1.54) is 12.1 Å². The average Bonchev–Trinajstić information content (AvgIpc) is 3.20. The molecule has 2 aromatic carbocycles. The Morgan fingerprint density at radius 2 is 1.85 bits per heavy atom. The zero-order chi connectivity index (χ0) is 18.4. The molecule has 0 bridgehead atoms. The number of ether oxygens (including phenoxy) is 1. The lowest BCUT2D eigenvalue weighted by atomic mass is 10.0. The molecule has 4 nitrogen and oxygen atoms in total. The fraction of sp³-hybridized carbons (Fsp3) is 0.190. The first-order valence-corrected chi connectivity index (χ1v) is 8.43. The average molecular weight is 352 g/mol. The summed E-state index contributed by atoms with van der Waals surface area (Å²) in [7, 11) is 1.62. The van der Waals surface area contributed by atoms with E-state index < -0.39 is 0 Å². The number of hydrogen-bond acceptors (Lipinski definition) is 2. The zero-order valence-corrected chi connectivity index (χ0v) is 14.6. The number of halogens is 1. The van der Waals surface area contributed by atoms with Crippen molar-refractivity contribution in [2.24, 2.45) is 0 Å². The smallest absolute Gasteiger partial charge is 0.222 e. The third-order valence-corrected chi connectivity index (χ3v) is 4.25. The van der Waals surface area contributed by atoms with E-state index in [9.17, 15) is 9.18 Å². The third-order valence-electron chi connectivity index (χ3n) is 4.25. The number of nitrogens with one attached hydrogen (secondary N) is 1. The van der Waals surface area contributed by atoms with Crippen molar-refractivity contribution >= 4 is 5.91 Å². The normalized spacial score (nSPS) is 11.8. The van der Waals surface area contributed by atoms with Gasteiger partial charge in [0.2, 0.25) is 5.91 Å². The molecule has 1 heterocycles. The van der Waals surface area contributed by atoms with Gasteiger partial charge in [-0.25, -0.2) is 4.39 Å². The largest absolute Gasteiger partial charge is 0.497 e. The molecule has 0 fully saturated rings. The standard InChI is InChI=1S/C21H21FN2O2/c1-26-19-6-4-5-17(13-19)20(24-11-2-3-12-24)14-21(25)23-15-16-7-9-18(22)10-8-16/h2-13,20H,14-15H2,1H3,(H,23,25)/t20-/m0/s1. The van der Waals surface area contributed by atoms with Gasteiger partial charge in [-0.2, -0.15) is 0 Å². The predicted molar refractivity (Wildman–Crippen MR) is 98.4 cm³/mol. The molecule has 0 radical (unpaired) electrons. The van der Waals surface area contributed by atoms with Crippen LogP contribution in [0.5, 0.6) is 5.75 Å². The Morgan fingerprint density at radius 1 is 1.12 bits per heavy atom. The topological polar surface area (TPSA) is 43.3 Å². The van der Waals surface area contributed by atoms with Crippen LogP contribution in [0.25, 0.3) is 0 Å². The minimum absolute atomic E-state index is 0.0733. The summed E-state index contributed by atoms with van der Waals surface area (Å²) < 4.78 is 20.3. The van der Waals surface area contributed by atoms with Crippen LogP contribution in [0.3, 0.4) is 0 Å². The van der Waals surface area contributed by atoms with Crippen molar-refractivity contribution in [2.75, 3.05) is 7.11 Å². The van der Waals surface area contributed by atoms with Gasteiger partial charge in [0.05, 0.1) is 19.6 Å². The molecule has 0 saturated heterocycles. The number of carbonyl (C=O) groups is 1. The third kappa shape index (κ3) is 4.51. The van der Waals surface area contributed by atoms with E-state index in [-0.39, 0.29) is 17.8 Å². The lowest BCUT2D eigenvalue weighted by Crippen LogP contribution is -2.26. The van der Waals surface area contributed by atoms with E-state index in [1.807, 2.05) is 53.4 Å². The second-order valence-electron chi connectivity index (χ2n) is 6.03.